The molecule has 0 heterocycles. The van der Waals surface area contributed by atoms with E-state index in [1.165, 1.54) is 30.2 Å². The molecule has 0 N–H and O–H groups in total. The van der Waals surface area contributed by atoms with Gasteiger partial charge in [-0.2, -0.15) is 21.6 Å². The quantitative estimate of drug-likeness (QED) is 0.344. The van der Waals surface area contributed by atoms with Gasteiger partial charge in [0.15, 0.2) is 0 Å². The third-order valence-corrected chi connectivity index (χ3v) is 6.60. The molecule has 11 heteroatoms. The second-order valence-corrected chi connectivity index (χ2v) is 9.76. The number of amides is 1. The Bertz CT molecular complexity index is 1070. The number of halogens is 4. The van der Waals surface area contributed by atoms with Crippen molar-refractivity contribution in [3.05, 3.63) is 59.7 Å². The van der Waals surface area contributed by atoms with Gasteiger partial charge in [0.1, 0.15) is 10.6 Å². The van der Waals surface area contributed by atoms with Crippen LogP contribution >= 0.6 is 11.6 Å². The maximum Gasteiger partial charge on any atom is 0.416 e. The van der Waals surface area contributed by atoms with Crippen molar-refractivity contribution in [2.75, 3.05) is 26.1 Å². The van der Waals surface area contributed by atoms with E-state index < -0.39 is 32.2 Å². The summed E-state index contributed by atoms with van der Waals surface area (Å²) in [5.74, 6) is -0.202. The van der Waals surface area contributed by atoms with Gasteiger partial charge in [0, 0.05) is 26.1 Å². The number of alkyl halides is 4. The molecular weight excluding hydrogens is 483 g/mol. The Hall–Kier alpha value is -2.30. The fourth-order valence-corrected chi connectivity index (χ4v) is 3.94. The number of carbonyl (C=O) groups excluding carboxylic acids is 1. The molecule has 0 unspecified atom stereocenters. The number of ether oxygens (including phenoxy) is 1. The number of hydrogen-bond donors (Lipinski definition) is 0. The predicted octanol–water partition coefficient (Wildman–Crippen LogP) is 4.71. The Kier molecular flexibility index (Phi) is 8.78. The van der Waals surface area contributed by atoms with E-state index in [-0.39, 0.29) is 37.2 Å². The Labute approximate surface area is 196 Å². The number of hydrogen-bond acceptors (Lipinski definition) is 5. The Balaban J connectivity index is 2.27. The van der Waals surface area contributed by atoms with Gasteiger partial charge in [0.2, 0.25) is 5.91 Å². The molecule has 1 amide bonds. The van der Waals surface area contributed by atoms with Crippen LogP contribution in [-0.2, 0) is 32.4 Å². The predicted molar refractivity (Wildman–Crippen MR) is 117 cm³/mol. The first-order chi connectivity index (χ1) is 15.3. The van der Waals surface area contributed by atoms with Crippen LogP contribution in [-0.4, -0.2) is 45.4 Å². The summed E-state index contributed by atoms with van der Waals surface area (Å²) in [7, 11) is -3.01. The van der Waals surface area contributed by atoms with Crippen LogP contribution in [0.2, 0.25) is 0 Å². The minimum atomic E-state index is -4.69. The van der Waals surface area contributed by atoms with Crippen molar-refractivity contribution in [1.29, 1.82) is 0 Å². The molecule has 2 rings (SSSR count). The van der Waals surface area contributed by atoms with Crippen molar-refractivity contribution >= 4 is 27.6 Å². The normalized spacial score (nSPS) is 12.5. The number of carbonyl (C=O) groups is 1. The Morgan fingerprint density at radius 1 is 1.09 bits per heavy atom. The van der Waals surface area contributed by atoms with E-state index in [1.54, 1.807) is 19.9 Å². The minimum Gasteiger partial charge on any atom is -0.383 e. The van der Waals surface area contributed by atoms with Crippen molar-refractivity contribution in [3.8, 4) is 5.75 Å². The van der Waals surface area contributed by atoms with Crippen LogP contribution in [0, 0.1) is 5.41 Å². The highest BCUT2D eigenvalue weighted by Gasteiger charge is 2.33. The van der Waals surface area contributed by atoms with Gasteiger partial charge in [-0.15, -0.1) is 11.6 Å². The molecule has 0 saturated carbocycles. The average Bonchev–Trinajstić information content (AvgIpc) is 2.75. The highest BCUT2D eigenvalue weighted by atomic mass is 35.5. The standard InChI is InChI=1S/C22H25ClF3NO5S/c1-21(2,15-23)20(28)27(10-11-31-3)14-16-6-4-8-18(12-16)32-33(29,30)19-9-5-7-17(13-19)22(24,25)26/h4-9,12-13H,10-11,14-15H2,1-3H3. The van der Waals surface area contributed by atoms with Crippen LogP contribution in [0.4, 0.5) is 13.2 Å². The molecule has 0 aromatic heterocycles. The molecule has 0 bridgehead atoms. The molecule has 0 aliphatic carbocycles. The summed E-state index contributed by atoms with van der Waals surface area (Å²) in [5.41, 5.74) is -1.37. The smallest absolute Gasteiger partial charge is 0.383 e. The van der Waals surface area contributed by atoms with E-state index in [0.717, 1.165) is 18.2 Å². The van der Waals surface area contributed by atoms with Crippen molar-refractivity contribution in [2.24, 2.45) is 5.41 Å². The Morgan fingerprint density at radius 3 is 2.36 bits per heavy atom. The first kappa shape index (κ1) is 26.9. The molecule has 6 nitrogen and oxygen atoms in total. The molecule has 182 valence electrons. The number of benzene rings is 2. The van der Waals surface area contributed by atoms with Gasteiger partial charge in [-0.3, -0.25) is 4.79 Å². The van der Waals surface area contributed by atoms with Gasteiger partial charge in [-0.1, -0.05) is 18.2 Å². The van der Waals surface area contributed by atoms with Crippen LogP contribution in [0.25, 0.3) is 0 Å². The maximum atomic E-state index is 12.9. The molecule has 2 aromatic rings. The summed E-state index contributed by atoms with van der Waals surface area (Å²) in [4.78, 5) is 13.8. The minimum absolute atomic E-state index is 0.0966. The molecule has 33 heavy (non-hydrogen) atoms. The lowest BCUT2D eigenvalue weighted by molar-refractivity contribution is -0.140. The lowest BCUT2D eigenvalue weighted by Crippen LogP contribution is -2.43. The second kappa shape index (κ2) is 10.8. The summed E-state index contributed by atoms with van der Waals surface area (Å²) in [6.07, 6.45) is -4.69. The van der Waals surface area contributed by atoms with Crippen LogP contribution < -0.4 is 4.18 Å². The third-order valence-electron chi connectivity index (χ3n) is 4.69. The van der Waals surface area contributed by atoms with Crippen molar-refractivity contribution in [2.45, 2.75) is 31.5 Å². The molecule has 0 spiro atoms. The maximum absolute atomic E-state index is 12.9. The van der Waals surface area contributed by atoms with E-state index >= 15 is 0 Å². The zero-order valence-corrected chi connectivity index (χ0v) is 19.9. The lowest BCUT2D eigenvalue weighted by atomic mass is 9.94. The monoisotopic (exact) mass is 507 g/mol. The van der Waals surface area contributed by atoms with Crippen LogP contribution in [0.15, 0.2) is 53.4 Å². The van der Waals surface area contributed by atoms with Crippen LogP contribution in [0.3, 0.4) is 0 Å². The molecule has 0 atom stereocenters. The van der Waals surface area contributed by atoms with E-state index in [2.05, 4.69) is 0 Å². The van der Waals surface area contributed by atoms with E-state index in [9.17, 15) is 26.4 Å². The summed E-state index contributed by atoms with van der Waals surface area (Å²) in [6.45, 7) is 4.11. The summed E-state index contributed by atoms with van der Waals surface area (Å²) >= 11 is 5.93. The summed E-state index contributed by atoms with van der Waals surface area (Å²) in [5, 5.41) is 0. The van der Waals surface area contributed by atoms with E-state index in [1.807, 2.05) is 0 Å². The summed E-state index contributed by atoms with van der Waals surface area (Å²) < 4.78 is 74.0. The third kappa shape index (κ3) is 7.35. The highest BCUT2D eigenvalue weighted by Crippen LogP contribution is 2.31. The molecule has 0 saturated heterocycles. The molecule has 0 aliphatic rings. The van der Waals surface area contributed by atoms with Crippen molar-refractivity contribution < 1.29 is 35.3 Å². The first-order valence-corrected chi connectivity index (χ1v) is 11.8. The van der Waals surface area contributed by atoms with Crippen LogP contribution in [0.5, 0.6) is 5.75 Å². The lowest BCUT2D eigenvalue weighted by Gasteiger charge is -2.30. The SMILES string of the molecule is COCCN(Cc1cccc(OS(=O)(=O)c2cccc(C(F)(F)F)c2)c1)C(=O)C(C)(C)CCl. The Morgan fingerprint density at radius 2 is 1.76 bits per heavy atom. The van der Waals surface area contributed by atoms with Gasteiger partial charge in [0.05, 0.1) is 17.6 Å². The highest BCUT2D eigenvalue weighted by molar-refractivity contribution is 7.87. The number of nitrogens with zero attached hydrogens (tertiary/aromatic N) is 1. The van der Waals surface area contributed by atoms with Crippen molar-refractivity contribution in [1.82, 2.24) is 4.90 Å². The fraction of sp³-hybridized carbons (Fsp3) is 0.409. The zero-order valence-electron chi connectivity index (χ0n) is 18.4. The van der Waals surface area contributed by atoms with Crippen molar-refractivity contribution in [3.63, 3.8) is 0 Å². The number of rotatable bonds is 10. The van der Waals surface area contributed by atoms with Gasteiger partial charge in [-0.25, -0.2) is 0 Å². The average molecular weight is 508 g/mol. The van der Waals surface area contributed by atoms with Crippen LogP contribution in [0.1, 0.15) is 25.0 Å². The topological polar surface area (TPSA) is 72.9 Å². The molecule has 0 radical (unpaired) electrons. The summed E-state index contributed by atoms with van der Waals surface area (Å²) in [6, 6.07) is 9.26. The van der Waals surface area contributed by atoms with E-state index in [4.69, 9.17) is 20.5 Å². The largest absolute Gasteiger partial charge is 0.416 e. The molecular formula is C22H25ClF3NO5S. The molecule has 2 aromatic carbocycles. The molecule has 0 fully saturated rings. The van der Waals surface area contributed by atoms with Gasteiger partial charge >= 0.3 is 16.3 Å². The zero-order chi connectivity index (χ0) is 24.9. The fourth-order valence-electron chi connectivity index (χ4n) is 2.86. The number of methoxy groups -OCH3 is 1. The second-order valence-electron chi connectivity index (χ2n) is 7.95. The van der Waals surface area contributed by atoms with Gasteiger partial charge < -0.3 is 13.8 Å². The van der Waals surface area contributed by atoms with Gasteiger partial charge in [-0.05, 0) is 49.7 Å². The van der Waals surface area contributed by atoms with Gasteiger partial charge in [0.25, 0.3) is 0 Å². The first-order valence-electron chi connectivity index (χ1n) is 9.85. The van der Waals surface area contributed by atoms with E-state index in [0.29, 0.717) is 11.6 Å². The molecule has 0 aliphatic heterocycles.